The lowest BCUT2D eigenvalue weighted by molar-refractivity contribution is -0.118. The molecular weight excluding hydrogens is 410 g/mol. The van der Waals surface area contributed by atoms with E-state index in [9.17, 15) is 13.2 Å². The van der Waals surface area contributed by atoms with Gasteiger partial charge in [0.2, 0.25) is 15.9 Å². The SMILES string of the molecule is Cn1c(SCC(=O)NC2CC2)nnc1[C@H]1CCCN(S(=O)(=O)c2ccccc2)C1. The van der Waals surface area contributed by atoms with Gasteiger partial charge in [0.1, 0.15) is 5.82 Å². The number of nitrogens with one attached hydrogen (secondary N) is 1. The van der Waals surface area contributed by atoms with E-state index < -0.39 is 10.0 Å². The molecule has 2 aliphatic rings. The molecule has 29 heavy (non-hydrogen) atoms. The highest BCUT2D eigenvalue weighted by atomic mass is 32.2. The summed E-state index contributed by atoms with van der Waals surface area (Å²) in [5.41, 5.74) is 0. The highest BCUT2D eigenvalue weighted by Crippen LogP contribution is 2.30. The molecule has 0 bridgehead atoms. The van der Waals surface area contributed by atoms with Crippen LogP contribution in [0.3, 0.4) is 0 Å². The largest absolute Gasteiger partial charge is 0.353 e. The van der Waals surface area contributed by atoms with Crippen LogP contribution in [-0.2, 0) is 21.9 Å². The van der Waals surface area contributed by atoms with Crippen molar-refractivity contribution in [2.24, 2.45) is 7.05 Å². The molecule has 1 aliphatic heterocycles. The van der Waals surface area contributed by atoms with Gasteiger partial charge in [-0.05, 0) is 37.8 Å². The number of aromatic nitrogens is 3. The summed E-state index contributed by atoms with van der Waals surface area (Å²) in [7, 11) is -1.64. The molecule has 0 radical (unpaired) electrons. The number of piperidine rings is 1. The molecule has 0 unspecified atom stereocenters. The molecule has 1 aromatic carbocycles. The van der Waals surface area contributed by atoms with Gasteiger partial charge in [-0.25, -0.2) is 8.42 Å². The van der Waals surface area contributed by atoms with Crippen LogP contribution in [-0.4, -0.2) is 58.3 Å². The van der Waals surface area contributed by atoms with Crippen LogP contribution in [0, 0.1) is 0 Å². The number of carbonyl (C=O) groups excluding carboxylic acids is 1. The van der Waals surface area contributed by atoms with E-state index in [0.29, 0.717) is 34.9 Å². The zero-order chi connectivity index (χ0) is 20.4. The smallest absolute Gasteiger partial charge is 0.243 e. The summed E-state index contributed by atoms with van der Waals surface area (Å²) in [6, 6.07) is 8.88. The Morgan fingerprint density at radius 2 is 1.97 bits per heavy atom. The number of thioether (sulfide) groups is 1. The van der Waals surface area contributed by atoms with Gasteiger partial charge in [0.15, 0.2) is 5.16 Å². The van der Waals surface area contributed by atoms with Crippen LogP contribution in [0.25, 0.3) is 0 Å². The van der Waals surface area contributed by atoms with Crippen LogP contribution >= 0.6 is 11.8 Å². The predicted molar refractivity (Wildman–Crippen MR) is 110 cm³/mol. The van der Waals surface area contributed by atoms with Crippen molar-refractivity contribution in [3.05, 3.63) is 36.2 Å². The fourth-order valence-corrected chi connectivity index (χ4v) is 5.82. The Hall–Kier alpha value is -1.91. The van der Waals surface area contributed by atoms with E-state index in [1.54, 1.807) is 28.6 Å². The molecule has 2 aromatic rings. The van der Waals surface area contributed by atoms with Crippen LogP contribution in [0.2, 0.25) is 0 Å². The third-order valence-corrected chi connectivity index (χ3v) is 8.17. The number of amides is 1. The normalized spacial score (nSPS) is 20.5. The van der Waals surface area contributed by atoms with Crippen LogP contribution in [0.4, 0.5) is 0 Å². The van der Waals surface area contributed by atoms with Crippen molar-refractivity contribution in [1.82, 2.24) is 24.4 Å². The number of hydrogen-bond acceptors (Lipinski definition) is 6. The van der Waals surface area contributed by atoms with Gasteiger partial charge in [-0.2, -0.15) is 4.31 Å². The minimum absolute atomic E-state index is 0.0137. The zero-order valence-electron chi connectivity index (χ0n) is 16.3. The molecule has 4 rings (SSSR count). The van der Waals surface area contributed by atoms with Crippen molar-refractivity contribution in [3.8, 4) is 0 Å². The van der Waals surface area contributed by atoms with Gasteiger partial charge in [0, 0.05) is 32.1 Å². The van der Waals surface area contributed by atoms with Crippen molar-refractivity contribution < 1.29 is 13.2 Å². The standard InChI is InChI=1S/C19H25N5O3S2/c1-23-18(21-22-19(23)28-13-17(25)20-15-9-10-15)14-6-5-11-24(12-14)29(26,27)16-7-3-2-4-8-16/h2-4,7-8,14-15H,5-6,9-13H2,1H3,(H,20,25)/t14-/m0/s1. The van der Waals surface area contributed by atoms with E-state index in [1.165, 1.54) is 11.8 Å². The van der Waals surface area contributed by atoms with Crippen LogP contribution < -0.4 is 5.32 Å². The molecule has 2 heterocycles. The molecule has 1 aromatic heterocycles. The van der Waals surface area contributed by atoms with Crippen molar-refractivity contribution in [1.29, 1.82) is 0 Å². The van der Waals surface area contributed by atoms with E-state index in [-0.39, 0.29) is 11.8 Å². The molecule has 1 amide bonds. The van der Waals surface area contributed by atoms with Gasteiger partial charge in [0.05, 0.1) is 10.6 Å². The first-order valence-electron chi connectivity index (χ1n) is 9.82. The molecule has 0 spiro atoms. The van der Waals surface area contributed by atoms with Gasteiger partial charge >= 0.3 is 0 Å². The van der Waals surface area contributed by atoms with E-state index in [2.05, 4.69) is 15.5 Å². The lowest BCUT2D eigenvalue weighted by Crippen LogP contribution is -2.39. The van der Waals surface area contributed by atoms with E-state index >= 15 is 0 Å². The summed E-state index contributed by atoms with van der Waals surface area (Å²) >= 11 is 1.36. The van der Waals surface area contributed by atoms with E-state index in [4.69, 9.17) is 0 Å². The molecule has 156 valence electrons. The van der Waals surface area contributed by atoms with Gasteiger partial charge in [-0.1, -0.05) is 30.0 Å². The average molecular weight is 436 g/mol. The third kappa shape index (κ3) is 4.65. The summed E-state index contributed by atoms with van der Waals surface area (Å²) in [5.74, 6) is 1.07. The number of nitrogens with zero attached hydrogens (tertiary/aromatic N) is 4. The van der Waals surface area contributed by atoms with Gasteiger partial charge in [-0.3, -0.25) is 4.79 Å². The quantitative estimate of drug-likeness (QED) is 0.666. The number of rotatable bonds is 7. The van der Waals surface area contributed by atoms with Crippen LogP contribution in [0.15, 0.2) is 40.4 Å². The first kappa shape index (κ1) is 20.4. The maximum Gasteiger partial charge on any atom is 0.243 e. The molecule has 1 saturated heterocycles. The maximum atomic E-state index is 13.0. The molecule has 2 fully saturated rings. The lowest BCUT2D eigenvalue weighted by atomic mass is 9.99. The lowest BCUT2D eigenvalue weighted by Gasteiger charge is -2.31. The Morgan fingerprint density at radius 1 is 1.21 bits per heavy atom. The topological polar surface area (TPSA) is 97.2 Å². The van der Waals surface area contributed by atoms with Gasteiger partial charge in [0.25, 0.3) is 0 Å². The first-order valence-corrected chi connectivity index (χ1v) is 12.2. The maximum absolute atomic E-state index is 13.0. The molecule has 1 N–H and O–H groups in total. The monoisotopic (exact) mass is 435 g/mol. The molecule has 8 nitrogen and oxygen atoms in total. The second-order valence-electron chi connectivity index (χ2n) is 7.55. The summed E-state index contributed by atoms with van der Waals surface area (Å²) in [5, 5.41) is 12.2. The molecular formula is C19H25N5O3S2. The van der Waals surface area contributed by atoms with Crippen molar-refractivity contribution in [3.63, 3.8) is 0 Å². The second kappa shape index (κ2) is 8.45. The molecule has 1 aliphatic carbocycles. The number of benzene rings is 1. The fourth-order valence-electron chi connectivity index (χ4n) is 3.55. The third-order valence-electron chi connectivity index (χ3n) is 5.27. The summed E-state index contributed by atoms with van der Waals surface area (Å²) in [6.45, 7) is 0.893. The van der Waals surface area contributed by atoms with Crippen molar-refractivity contribution in [2.75, 3.05) is 18.8 Å². The number of sulfonamides is 1. The fraction of sp³-hybridized carbons (Fsp3) is 0.526. The Labute approximate surface area is 175 Å². The molecule has 1 saturated carbocycles. The Balaban J connectivity index is 1.43. The Morgan fingerprint density at radius 3 is 2.69 bits per heavy atom. The highest BCUT2D eigenvalue weighted by Gasteiger charge is 2.33. The Kier molecular flexibility index (Phi) is 5.93. The number of carbonyl (C=O) groups is 1. The second-order valence-corrected chi connectivity index (χ2v) is 10.4. The predicted octanol–water partition coefficient (Wildman–Crippen LogP) is 1.75. The molecule has 1 atom stereocenters. The van der Waals surface area contributed by atoms with Crippen LogP contribution in [0.1, 0.15) is 37.4 Å². The summed E-state index contributed by atoms with van der Waals surface area (Å²) < 4.78 is 29.3. The van der Waals surface area contributed by atoms with Crippen LogP contribution in [0.5, 0.6) is 0 Å². The highest BCUT2D eigenvalue weighted by molar-refractivity contribution is 7.99. The van der Waals surface area contributed by atoms with Crippen molar-refractivity contribution in [2.45, 2.75) is 47.7 Å². The Bertz CT molecular complexity index is 973. The molecule has 10 heteroatoms. The average Bonchev–Trinajstić information content (AvgIpc) is 3.47. The summed E-state index contributed by atoms with van der Waals surface area (Å²) in [6.07, 6.45) is 3.76. The minimum atomic E-state index is -3.52. The minimum Gasteiger partial charge on any atom is -0.353 e. The number of hydrogen-bond donors (Lipinski definition) is 1. The zero-order valence-corrected chi connectivity index (χ0v) is 18.0. The van der Waals surface area contributed by atoms with Gasteiger partial charge in [-0.15, -0.1) is 10.2 Å². The first-order chi connectivity index (χ1) is 13.9. The van der Waals surface area contributed by atoms with E-state index in [0.717, 1.165) is 31.5 Å². The van der Waals surface area contributed by atoms with Gasteiger partial charge < -0.3 is 9.88 Å². The van der Waals surface area contributed by atoms with E-state index in [1.807, 2.05) is 17.7 Å². The summed E-state index contributed by atoms with van der Waals surface area (Å²) in [4.78, 5) is 12.2. The van der Waals surface area contributed by atoms with Crippen molar-refractivity contribution >= 4 is 27.7 Å².